The van der Waals surface area contributed by atoms with Gasteiger partial charge in [-0.15, -0.1) is 11.8 Å². The summed E-state index contributed by atoms with van der Waals surface area (Å²) in [5.74, 6) is 0.413. The lowest BCUT2D eigenvalue weighted by Gasteiger charge is -2.09. The first kappa shape index (κ1) is 16.1. The van der Waals surface area contributed by atoms with E-state index in [-0.39, 0.29) is 5.91 Å². The molecule has 0 atom stereocenters. The summed E-state index contributed by atoms with van der Waals surface area (Å²) in [6.07, 6.45) is 0.982. The van der Waals surface area contributed by atoms with Crippen molar-refractivity contribution in [1.29, 1.82) is 0 Å². The second-order valence-electron chi connectivity index (χ2n) is 4.82. The molecule has 2 aromatic rings. The van der Waals surface area contributed by atoms with Crippen LogP contribution in [0.1, 0.15) is 18.1 Å². The van der Waals surface area contributed by atoms with Gasteiger partial charge in [0.2, 0.25) is 5.91 Å². The monoisotopic (exact) mass is 363 g/mol. The van der Waals surface area contributed by atoms with Gasteiger partial charge in [0.15, 0.2) is 0 Å². The first-order valence-corrected chi connectivity index (χ1v) is 8.64. The van der Waals surface area contributed by atoms with Crippen molar-refractivity contribution in [2.24, 2.45) is 0 Å². The number of hydrogen-bond donors (Lipinski definition) is 1. The van der Waals surface area contributed by atoms with E-state index >= 15 is 0 Å². The lowest BCUT2D eigenvalue weighted by molar-refractivity contribution is -0.113. The van der Waals surface area contributed by atoms with Crippen molar-refractivity contribution in [1.82, 2.24) is 0 Å². The maximum Gasteiger partial charge on any atom is 0.234 e. The van der Waals surface area contributed by atoms with Gasteiger partial charge in [-0.2, -0.15) is 0 Å². The fourth-order valence-electron chi connectivity index (χ4n) is 1.85. The maximum absolute atomic E-state index is 12.0. The summed E-state index contributed by atoms with van der Waals surface area (Å²) in [7, 11) is 0. The smallest absolute Gasteiger partial charge is 0.234 e. The van der Waals surface area contributed by atoms with E-state index in [1.165, 1.54) is 11.1 Å². The number of anilines is 1. The van der Waals surface area contributed by atoms with Crippen LogP contribution in [-0.2, 0) is 11.2 Å². The van der Waals surface area contributed by atoms with Crippen LogP contribution in [0.15, 0.2) is 51.8 Å². The van der Waals surface area contributed by atoms with Crippen molar-refractivity contribution < 1.29 is 4.79 Å². The van der Waals surface area contributed by atoms with E-state index < -0.39 is 0 Å². The van der Waals surface area contributed by atoms with E-state index in [0.29, 0.717) is 5.75 Å². The summed E-state index contributed by atoms with van der Waals surface area (Å²) >= 11 is 5.04. The summed E-state index contributed by atoms with van der Waals surface area (Å²) in [6.45, 7) is 4.16. The van der Waals surface area contributed by atoms with Gasteiger partial charge in [0.1, 0.15) is 0 Å². The quantitative estimate of drug-likeness (QED) is 0.752. The molecule has 4 heteroatoms. The number of rotatable bonds is 5. The average Bonchev–Trinajstić information content (AvgIpc) is 2.48. The van der Waals surface area contributed by atoms with Crippen molar-refractivity contribution >= 4 is 39.3 Å². The minimum Gasteiger partial charge on any atom is -0.324 e. The van der Waals surface area contributed by atoms with Gasteiger partial charge in [-0.1, -0.05) is 30.7 Å². The number of thioether (sulfide) groups is 1. The molecule has 0 fully saturated rings. The van der Waals surface area contributed by atoms with Crippen LogP contribution in [0.25, 0.3) is 0 Å². The molecule has 0 radical (unpaired) electrons. The molecule has 1 N–H and O–H groups in total. The van der Waals surface area contributed by atoms with E-state index in [2.05, 4.69) is 47.2 Å². The number of halogens is 1. The largest absolute Gasteiger partial charge is 0.324 e. The van der Waals surface area contributed by atoms with Crippen LogP contribution in [-0.4, -0.2) is 11.7 Å². The molecule has 0 aliphatic heterocycles. The van der Waals surface area contributed by atoms with Gasteiger partial charge in [0, 0.05) is 9.37 Å². The van der Waals surface area contributed by atoms with Crippen molar-refractivity contribution in [3.05, 3.63) is 58.1 Å². The molecule has 2 rings (SSSR count). The number of carbonyl (C=O) groups excluding carboxylic acids is 1. The zero-order chi connectivity index (χ0) is 15.2. The van der Waals surface area contributed by atoms with Gasteiger partial charge in [0.05, 0.1) is 11.4 Å². The standard InChI is InChI=1S/C17H18BrNOS/c1-3-13-6-9-16(15(18)10-13)19-17(20)11-21-14-7-4-12(2)5-8-14/h4-10H,3,11H2,1-2H3,(H,19,20). The molecule has 21 heavy (non-hydrogen) atoms. The topological polar surface area (TPSA) is 29.1 Å². The maximum atomic E-state index is 12.0. The van der Waals surface area contributed by atoms with Gasteiger partial charge in [-0.25, -0.2) is 0 Å². The molecule has 0 aromatic heterocycles. The Bertz CT molecular complexity index is 625. The fraction of sp³-hybridized carbons (Fsp3) is 0.235. The van der Waals surface area contributed by atoms with Crippen LogP contribution < -0.4 is 5.32 Å². The highest BCUT2D eigenvalue weighted by atomic mass is 79.9. The van der Waals surface area contributed by atoms with Crippen molar-refractivity contribution in [2.45, 2.75) is 25.2 Å². The highest BCUT2D eigenvalue weighted by Crippen LogP contribution is 2.25. The van der Waals surface area contributed by atoms with Crippen LogP contribution >= 0.6 is 27.7 Å². The second-order valence-corrected chi connectivity index (χ2v) is 6.72. The van der Waals surface area contributed by atoms with E-state index in [0.717, 1.165) is 21.5 Å². The van der Waals surface area contributed by atoms with Crippen LogP contribution in [0.3, 0.4) is 0 Å². The predicted molar refractivity (Wildman–Crippen MR) is 94.1 cm³/mol. The molecule has 2 aromatic carbocycles. The van der Waals surface area contributed by atoms with Gasteiger partial charge >= 0.3 is 0 Å². The van der Waals surface area contributed by atoms with Gasteiger partial charge in [-0.05, 0) is 59.1 Å². The molecule has 0 heterocycles. The Morgan fingerprint density at radius 3 is 2.52 bits per heavy atom. The zero-order valence-electron chi connectivity index (χ0n) is 12.2. The third-order valence-electron chi connectivity index (χ3n) is 3.11. The molecule has 0 saturated heterocycles. The average molecular weight is 364 g/mol. The number of nitrogens with one attached hydrogen (secondary N) is 1. The number of carbonyl (C=O) groups is 1. The Hall–Kier alpha value is -1.26. The molecule has 0 aliphatic rings. The minimum absolute atomic E-state index is 0.00511. The van der Waals surface area contributed by atoms with Crippen molar-refractivity contribution in [3.8, 4) is 0 Å². The molecule has 0 spiro atoms. The molecule has 1 amide bonds. The minimum atomic E-state index is 0.00511. The molecule has 0 unspecified atom stereocenters. The lowest BCUT2D eigenvalue weighted by atomic mass is 10.1. The Morgan fingerprint density at radius 1 is 1.19 bits per heavy atom. The third kappa shape index (κ3) is 4.90. The first-order chi connectivity index (χ1) is 10.1. The predicted octanol–water partition coefficient (Wildman–Crippen LogP) is 5.05. The fourth-order valence-corrected chi connectivity index (χ4v) is 3.07. The van der Waals surface area contributed by atoms with E-state index in [1.807, 2.05) is 30.3 Å². The summed E-state index contributed by atoms with van der Waals surface area (Å²) < 4.78 is 0.926. The summed E-state index contributed by atoms with van der Waals surface area (Å²) in [5.41, 5.74) is 3.29. The molecule has 110 valence electrons. The number of benzene rings is 2. The SMILES string of the molecule is CCc1ccc(NC(=O)CSc2ccc(C)cc2)c(Br)c1. The molecule has 0 aliphatic carbocycles. The van der Waals surface area contributed by atoms with Crippen LogP contribution in [0.4, 0.5) is 5.69 Å². The Morgan fingerprint density at radius 2 is 1.90 bits per heavy atom. The van der Waals surface area contributed by atoms with Gasteiger partial charge in [0.25, 0.3) is 0 Å². The molecule has 2 nitrogen and oxygen atoms in total. The normalized spacial score (nSPS) is 10.4. The number of hydrogen-bond acceptors (Lipinski definition) is 2. The van der Waals surface area contributed by atoms with Crippen molar-refractivity contribution in [2.75, 3.05) is 11.1 Å². The van der Waals surface area contributed by atoms with E-state index in [9.17, 15) is 4.79 Å². The summed E-state index contributed by atoms with van der Waals surface area (Å²) in [4.78, 5) is 13.1. The first-order valence-electron chi connectivity index (χ1n) is 6.86. The lowest BCUT2D eigenvalue weighted by Crippen LogP contribution is -2.14. The van der Waals surface area contributed by atoms with Crippen LogP contribution in [0.2, 0.25) is 0 Å². The molecular weight excluding hydrogens is 346 g/mol. The number of amides is 1. The second kappa shape index (κ2) is 7.66. The van der Waals surface area contributed by atoms with Gasteiger partial charge < -0.3 is 5.32 Å². The van der Waals surface area contributed by atoms with Crippen molar-refractivity contribution in [3.63, 3.8) is 0 Å². The Labute approximate surface area is 138 Å². The summed E-state index contributed by atoms with van der Waals surface area (Å²) in [5, 5.41) is 2.94. The number of aryl methyl sites for hydroxylation is 2. The van der Waals surface area contributed by atoms with Crippen LogP contribution in [0.5, 0.6) is 0 Å². The molecule has 0 bridgehead atoms. The molecular formula is C17H18BrNOS. The molecule has 0 saturated carbocycles. The highest BCUT2D eigenvalue weighted by molar-refractivity contribution is 9.10. The summed E-state index contributed by atoms with van der Waals surface area (Å²) in [6, 6.07) is 14.2. The highest BCUT2D eigenvalue weighted by Gasteiger charge is 2.07. The van der Waals surface area contributed by atoms with E-state index in [4.69, 9.17) is 0 Å². The van der Waals surface area contributed by atoms with E-state index in [1.54, 1.807) is 11.8 Å². The van der Waals surface area contributed by atoms with Gasteiger partial charge in [-0.3, -0.25) is 4.79 Å². The Balaban J connectivity index is 1.91. The third-order valence-corrected chi connectivity index (χ3v) is 4.77. The van der Waals surface area contributed by atoms with Crippen LogP contribution in [0, 0.1) is 6.92 Å². The Kier molecular flexibility index (Phi) is 5.88. The zero-order valence-corrected chi connectivity index (χ0v) is 14.6.